The highest BCUT2D eigenvalue weighted by Gasteiger charge is 2.14. The van der Waals surface area contributed by atoms with Gasteiger partial charge in [-0.3, -0.25) is 14.6 Å². The number of thiazole rings is 1. The highest BCUT2D eigenvalue weighted by atomic mass is 32.1. The van der Waals surface area contributed by atoms with Gasteiger partial charge in [-0.25, -0.2) is 9.97 Å². The van der Waals surface area contributed by atoms with Crippen molar-refractivity contribution in [3.8, 4) is 11.5 Å². The predicted molar refractivity (Wildman–Crippen MR) is 117 cm³/mol. The summed E-state index contributed by atoms with van der Waals surface area (Å²) >= 11 is 1.45. The number of hydrogen-bond donors (Lipinski definition) is 2. The monoisotopic (exact) mass is 433 g/mol. The van der Waals surface area contributed by atoms with Gasteiger partial charge in [0.1, 0.15) is 17.1 Å². The average Bonchev–Trinajstić information content (AvgIpc) is 3.42. The van der Waals surface area contributed by atoms with E-state index in [0.29, 0.717) is 34.3 Å². The maximum Gasteiger partial charge on any atom is 0.274 e. The van der Waals surface area contributed by atoms with Crippen LogP contribution in [0.25, 0.3) is 11.5 Å². The zero-order valence-electron chi connectivity index (χ0n) is 16.7. The predicted octanol–water partition coefficient (Wildman–Crippen LogP) is 3.61. The van der Waals surface area contributed by atoms with E-state index in [-0.39, 0.29) is 24.8 Å². The van der Waals surface area contributed by atoms with E-state index < -0.39 is 0 Å². The lowest BCUT2D eigenvalue weighted by molar-refractivity contribution is -0.120. The molecule has 0 aliphatic carbocycles. The Labute approximate surface area is 182 Å². The summed E-state index contributed by atoms with van der Waals surface area (Å²) in [6.07, 6.45) is 1.79. The summed E-state index contributed by atoms with van der Waals surface area (Å²) in [7, 11) is 0. The first-order chi connectivity index (χ1) is 15.1. The maximum absolute atomic E-state index is 12.3. The molecular formula is C22H19N5O3S. The van der Waals surface area contributed by atoms with Crippen LogP contribution in [0.15, 0.2) is 64.0 Å². The van der Waals surface area contributed by atoms with Crippen LogP contribution in [-0.4, -0.2) is 26.8 Å². The minimum atomic E-state index is -0.301. The second-order valence-electron chi connectivity index (χ2n) is 6.71. The number of carbonyl (C=O) groups excluding carboxylic acids is 2. The Morgan fingerprint density at radius 2 is 2.03 bits per heavy atom. The molecular weight excluding hydrogens is 414 g/mol. The summed E-state index contributed by atoms with van der Waals surface area (Å²) in [5.74, 6) is 0.598. The number of carbonyl (C=O) groups is 2. The van der Waals surface area contributed by atoms with Gasteiger partial charge in [0.05, 0.1) is 24.2 Å². The minimum Gasteiger partial charge on any atom is -0.441 e. The normalized spacial score (nSPS) is 10.6. The fourth-order valence-electron chi connectivity index (χ4n) is 2.87. The van der Waals surface area contributed by atoms with Crippen LogP contribution < -0.4 is 10.6 Å². The van der Waals surface area contributed by atoms with E-state index in [1.807, 2.05) is 11.4 Å². The molecule has 0 aliphatic heterocycles. The van der Waals surface area contributed by atoms with E-state index in [2.05, 4.69) is 25.6 Å². The molecule has 0 saturated carbocycles. The van der Waals surface area contributed by atoms with E-state index in [9.17, 15) is 9.59 Å². The lowest BCUT2D eigenvalue weighted by atomic mass is 10.2. The number of aryl methyl sites for hydroxylation is 1. The number of anilines is 1. The molecule has 0 spiro atoms. The van der Waals surface area contributed by atoms with Gasteiger partial charge >= 0.3 is 0 Å². The molecule has 4 aromatic rings. The van der Waals surface area contributed by atoms with Gasteiger partial charge in [0.2, 0.25) is 11.8 Å². The zero-order valence-corrected chi connectivity index (χ0v) is 17.5. The number of oxazole rings is 1. The summed E-state index contributed by atoms with van der Waals surface area (Å²) < 4.78 is 5.79. The molecule has 0 radical (unpaired) electrons. The number of hydrogen-bond acceptors (Lipinski definition) is 7. The molecule has 2 N–H and O–H groups in total. The Morgan fingerprint density at radius 1 is 1.13 bits per heavy atom. The van der Waals surface area contributed by atoms with Crippen molar-refractivity contribution in [1.82, 2.24) is 20.3 Å². The van der Waals surface area contributed by atoms with Gasteiger partial charge < -0.3 is 15.1 Å². The van der Waals surface area contributed by atoms with Gasteiger partial charge in [0.25, 0.3) is 5.91 Å². The number of pyridine rings is 1. The number of aromatic nitrogens is 3. The first-order valence-electron chi connectivity index (χ1n) is 9.51. The van der Waals surface area contributed by atoms with Crippen LogP contribution in [0.2, 0.25) is 0 Å². The van der Waals surface area contributed by atoms with E-state index >= 15 is 0 Å². The second-order valence-corrected chi connectivity index (χ2v) is 7.42. The Bertz CT molecular complexity index is 1190. The molecule has 8 nitrogen and oxygen atoms in total. The maximum atomic E-state index is 12.3. The highest BCUT2D eigenvalue weighted by Crippen LogP contribution is 2.24. The van der Waals surface area contributed by atoms with E-state index in [1.165, 1.54) is 11.3 Å². The molecule has 0 aliphatic rings. The third-order valence-corrected chi connectivity index (χ3v) is 5.07. The third-order valence-electron chi connectivity index (χ3n) is 4.44. The lowest BCUT2D eigenvalue weighted by Gasteiger charge is -2.05. The molecule has 0 atom stereocenters. The van der Waals surface area contributed by atoms with Crippen molar-refractivity contribution in [1.29, 1.82) is 0 Å². The Morgan fingerprint density at radius 3 is 2.81 bits per heavy atom. The first-order valence-corrected chi connectivity index (χ1v) is 10.5. The SMILES string of the molecule is Cc1oc(-c2cccc(NC(=O)c3ccccn3)c2)nc1CNC(=O)Cc1cscn1. The van der Waals surface area contributed by atoms with E-state index in [4.69, 9.17) is 4.42 Å². The number of benzene rings is 1. The molecule has 0 saturated heterocycles. The zero-order chi connectivity index (χ0) is 21.6. The third kappa shape index (κ3) is 5.20. The largest absolute Gasteiger partial charge is 0.441 e. The molecule has 4 rings (SSSR count). The first kappa shape index (κ1) is 20.4. The van der Waals surface area contributed by atoms with Crippen molar-refractivity contribution in [2.45, 2.75) is 19.9 Å². The summed E-state index contributed by atoms with van der Waals surface area (Å²) in [5, 5.41) is 7.50. The second kappa shape index (κ2) is 9.31. The summed E-state index contributed by atoms with van der Waals surface area (Å²) in [5.41, 5.74) is 4.72. The molecule has 0 unspecified atom stereocenters. The van der Waals surface area contributed by atoms with Crippen LogP contribution in [-0.2, 0) is 17.8 Å². The van der Waals surface area contributed by atoms with E-state index in [1.54, 1.807) is 55.0 Å². The van der Waals surface area contributed by atoms with Crippen molar-refractivity contribution >= 4 is 28.8 Å². The Hall–Kier alpha value is -3.85. The highest BCUT2D eigenvalue weighted by molar-refractivity contribution is 7.07. The van der Waals surface area contributed by atoms with Crippen molar-refractivity contribution in [3.63, 3.8) is 0 Å². The molecule has 31 heavy (non-hydrogen) atoms. The number of nitrogens with zero attached hydrogens (tertiary/aromatic N) is 3. The molecule has 1 aromatic carbocycles. The van der Waals surface area contributed by atoms with Gasteiger partial charge in [0, 0.05) is 22.8 Å². The van der Waals surface area contributed by atoms with Crippen LogP contribution >= 0.6 is 11.3 Å². The van der Waals surface area contributed by atoms with E-state index in [0.717, 1.165) is 5.69 Å². The smallest absolute Gasteiger partial charge is 0.274 e. The molecule has 2 amide bonds. The van der Waals surface area contributed by atoms with Gasteiger partial charge in [-0.05, 0) is 37.3 Å². The summed E-state index contributed by atoms with van der Waals surface area (Å²) in [6.45, 7) is 2.06. The van der Waals surface area contributed by atoms with Gasteiger partial charge in [-0.2, -0.15) is 0 Å². The topological polar surface area (TPSA) is 110 Å². The van der Waals surface area contributed by atoms with Crippen molar-refractivity contribution < 1.29 is 14.0 Å². The Balaban J connectivity index is 1.42. The molecule has 9 heteroatoms. The molecule has 0 bridgehead atoms. The molecule has 3 aromatic heterocycles. The Kier molecular flexibility index (Phi) is 6.13. The molecule has 156 valence electrons. The lowest BCUT2D eigenvalue weighted by Crippen LogP contribution is -2.25. The van der Waals surface area contributed by atoms with Crippen LogP contribution in [0.1, 0.15) is 27.6 Å². The van der Waals surface area contributed by atoms with Gasteiger partial charge in [0.15, 0.2) is 0 Å². The van der Waals surface area contributed by atoms with Crippen LogP contribution in [0.4, 0.5) is 5.69 Å². The van der Waals surface area contributed by atoms with Crippen molar-refractivity contribution in [2.75, 3.05) is 5.32 Å². The number of rotatable bonds is 7. The summed E-state index contributed by atoms with van der Waals surface area (Å²) in [4.78, 5) is 37.1. The van der Waals surface area contributed by atoms with Crippen molar-refractivity contribution in [3.05, 3.63) is 82.4 Å². The van der Waals surface area contributed by atoms with Gasteiger partial charge in [-0.15, -0.1) is 11.3 Å². The van der Waals surface area contributed by atoms with Gasteiger partial charge in [-0.1, -0.05) is 12.1 Å². The quantitative estimate of drug-likeness (QED) is 0.461. The fraction of sp³-hybridized carbons (Fsp3) is 0.136. The standard InChI is InChI=1S/C22H19N5O3S/c1-14-19(11-24-20(28)10-17-12-31-13-25-17)27-22(30-14)15-5-4-6-16(9-15)26-21(29)18-7-2-3-8-23-18/h2-9,12-13H,10-11H2,1H3,(H,24,28)(H,26,29). The number of nitrogens with one attached hydrogen (secondary N) is 2. The summed E-state index contributed by atoms with van der Waals surface area (Å²) in [6, 6.07) is 12.3. The molecule has 3 heterocycles. The fourth-order valence-corrected chi connectivity index (χ4v) is 3.43. The number of amides is 2. The molecule has 0 fully saturated rings. The van der Waals surface area contributed by atoms with Crippen LogP contribution in [0.5, 0.6) is 0 Å². The van der Waals surface area contributed by atoms with Crippen LogP contribution in [0, 0.1) is 6.92 Å². The van der Waals surface area contributed by atoms with Crippen molar-refractivity contribution in [2.24, 2.45) is 0 Å². The minimum absolute atomic E-state index is 0.130. The average molecular weight is 433 g/mol. The van der Waals surface area contributed by atoms with Crippen LogP contribution in [0.3, 0.4) is 0 Å².